The van der Waals surface area contributed by atoms with E-state index in [-0.39, 0.29) is 23.9 Å². The third-order valence-electron chi connectivity index (χ3n) is 4.27. The van der Waals surface area contributed by atoms with E-state index in [1.165, 1.54) is 6.07 Å². The summed E-state index contributed by atoms with van der Waals surface area (Å²) < 4.78 is 14.3. The number of aryl methyl sites for hydroxylation is 1. The summed E-state index contributed by atoms with van der Waals surface area (Å²) in [6, 6.07) is 13.0. The highest BCUT2D eigenvalue weighted by Crippen LogP contribution is 2.22. The van der Waals surface area contributed by atoms with Crippen LogP contribution in [-0.2, 0) is 0 Å². The van der Waals surface area contributed by atoms with Gasteiger partial charge in [0.1, 0.15) is 5.82 Å². The van der Waals surface area contributed by atoms with E-state index in [1.54, 1.807) is 12.1 Å². The van der Waals surface area contributed by atoms with Crippen molar-refractivity contribution in [3.63, 3.8) is 0 Å². The maximum absolute atomic E-state index is 14.3. The normalized spacial score (nSPS) is 16.5. The Morgan fingerprint density at radius 2 is 1.92 bits per heavy atom. The van der Waals surface area contributed by atoms with Gasteiger partial charge < -0.3 is 10.6 Å². The second-order valence-electron chi connectivity index (χ2n) is 6.06. The molecule has 0 saturated carbocycles. The Hall–Kier alpha value is -1.91. The molecule has 1 aliphatic heterocycles. The zero-order valence-electron chi connectivity index (χ0n) is 13.6. The van der Waals surface area contributed by atoms with Gasteiger partial charge in [-0.15, -0.1) is 12.4 Å². The molecular formula is C19H22ClFN2O. The Morgan fingerprint density at radius 3 is 2.54 bits per heavy atom. The number of hydrogen-bond donors (Lipinski definition) is 2. The minimum atomic E-state index is -0.486. The predicted octanol–water partition coefficient (Wildman–Crippen LogP) is 3.70. The van der Waals surface area contributed by atoms with Gasteiger partial charge in [-0.2, -0.15) is 0 Å². The Labute approximate surface area is 148 Å². The van der Waals surface area contributed by atoms with Crippen molar-refractivity contribution in [3.05, 3.63) is 59.4 Å². The van der Waals surface area contributed by atoms with E-state index in [1.807, 2.05) is 31.2 Å². The van der Waals surface area contributed by atoms with Gasteiger partial charge in [0.15, 0.2) is 0 Å². The lowest BCUT2D eigenvalue weighted by Gasteiger charge is -2.12. The highest BCUT2D eigenvalue weighted by molar-refractivity contribution is 5.95. The maximum atomic E-state index is 14.3. The van der Waals surface area contributed by atoms with Crippen molar-refractivity contribution >= 4 is 18.3 Å². The van der Waals surface area contributed by atoms with Crippen LogP contribution in [0.2, 0.25) is 0 Å². The number of rotatable bonds is 4. The van der Waals surface area contributed by atoms with Crippen LogP contribution in [0.5, 0.6) is 0 Å². The quantitative estimate of drug-likeness (QED) is 0.884. The van der Waals surface area contributed by atoms with Crippen LogP contribution in [0.25, 0.3) is 11.1 Å². The van der Waals surface area contributed by atoms with Crippen LogP contribution in [0, 0.1) is 12.7 Å². The molecule has 0 aliphatic carbocycles. The van der Waals surface area contributed by atoms with Crippen molar-refractivity contribution in [1.29, 1.82) is 0 Å². The summed E-state index contributed by atoms with van der Waals surface area (Å²) in [4.78, 5) is 12.1. The van der Waals surface area contributed by atoms with Crippen LogP contribution in [0.4, 0.5) is 4.39 Å². The van der Waals surface area contributed by atoms with Gasteiger partial charge in [-0.1, -0.05) is 35.9 Å². The fourth-order valence-electron chi connectivity index (χ4n) is 2.87. The van der Waals surface area contributed by atoms with Crippen molar-refractivity contribution in [2.24, 2.45) is 0 Å². The van der Waals surface area contributed by atoms with E-state index in [0.29, 0.717) is 12.6 Å². The van der Waals surface area contributed by atoms with Gasteiger partial charge in [0.2, 0.25) is 0 Å². The molecule has 1 aliphatic rings. The number of benzene rings is 2. The molecule has 3 rings (SSSR count). The summed E-state index contributed by atoms with van der Waals surface area (Å²) in [6.45, 7) is 3.54. The Bertz CT molecular complexity index is 697. The molecule has 2 aromatic carbocycles. The van der Waals surface area contributed by atoms with Crippen LogP contribution in [0.15, 0.2) is 42.5 Å². The van der Waals surface area contributed by atoms with Gasteiger partial charge in [0, 0.05) is 12.6 Å². The smallest absolute Gasteiger partial charge is 0.254 e. The van der Waals surface area contributed by atoms with Gasteiger partial charge in [-0.3, -0.25) is 4.79 Å². The Balaban J connectivity index is 0.00000208. The van der Waals surface area contributed by atoms with Gasteiger partial charge in [0.25, 0.3) is 5.91 Å². The van der Waals surface area contributed by atoms with Crippen molar-refractivity contribution in [1.82, 2.24) is 10.6 Å². The molecule has 0 aromatic heterocycles. The Morgan fingerprint density at radius 1 is 1.21 bits per heavy atom. The van der Waals surface area contributed by atoms with Crippen molar-refractivity contribution in [3.8, 4) is 11.1 Å². The first-order valence-corrected chi connectivity index (χ1v) is 8.01. The highest BCUT2D eigenvalue weighted by atomic mass is 35.5. The maximum Gasteiger partial charge on any atom is 0.254 e. The van der Waals surface area contributed by atoms with Crippen LogP contribution < -0.4 is 10.6 Å². The molecule has 1 heterocycles. The molecule has 2 N–H and O–H groups in total. The van der Waals surface area contributed by atoms with E-state index >= 15 is 0 Å². The minimum Gasteiger partial charge on any atom is -0.350 e. The van der Waals surface area contributed by atoms with Crippen LogP contribution in [0.1, 0.15) is 28.8 Å². The first-order chi connectivity index (χ1) is 11.1. The molecule has 1 atom stereocenters. The van der Waals surface area contributed by atoms with Crippen LogP contribution >= 0.6 is 12.4 Å². The highest BCUT2D eigenvalue weighted by Gasteiger charge is 2.17. The zero-order valence-corrected chi connectivity index (χ0v) is 14.5. The molecule has 0 spiro atoms. The molecule has 24 heavy (non-hydrogen) atoms. The Kier molecular flexibility index (Phi) is 6.35. The summed E-state index contributed by atoms with van der Waals surface area (Å²) in [7, 11) is 0. The summed E-state index contributed by atoms with van der Waals surface area (Å²) in [5, 5.41) is 6.11. The molecule has 1 saturated heterocycles. The lowest BCUT2D eigenvalue weighted by atomic mass is 10.0. The summed E-state index contributed by atoms with van der Waals surface area (Å²) in [6.07, 6.45) is 2.18. The summed E-state index contributed by atoms with van der Waals surface area (Å²) >= 11 is 0. The van der Waals surface area contributed by atoms with Gasteiger partial charge >= 0.3 is 0 Å². The molecule has 1 amide bonds. The molecule has 0 bridgehead atoms. The molecule has 1 fully saturated rings. The lowest BCUT2D eigenvalue weighted by Crippen LogP contribution is -2.37. The second-order valence-corrected chi connectivity index (χ2v) is 6.06. The largest absolute Gasteiger partial charge is 0.350 e. The zero-order chi connectivity index (χ0) is 16.2. The van der Waals surface area contributed by atoms with Crippen LogP contribution in [-0.4, -0.2) is 25.0 Å². The summed E-state index contributed by atoms with van der Waals surface area (Å²) in [5.74, 6) is -0.841. The van der Waals surface area contributed by atoms with Crippen LogP contribution in [0.3, 0.4) is 0 Å². The van der Waals surface area contributed by atoms with Crippen molar-refractivity contribution < 1.29 is 9.18 Å². The number of halogens is 2. The minimum absolute atomic E-state index is 0. The fourth-order valence-corrected chi connectivity index (χ4v) is 2.87. The van der Waals surface area contributed by atoms with E-state index in [2.05, 4.69) is 10.6 Å². The third-order valence-corrected chi connectivity index (χ3v) is 4.27. The topological polar surface area (TPSA) is 41.1 Å². The molecule has 5 heteroatoms. The van der Waals surface area contributed by atoms with E-state index < -0.39 is 5.82 Å². The molecule has 2 aromatic rings. The number of nitrogens with one attached hydrogen (secondary N) is 2. The first-order valence-electron chi connectivity index (χ1n) is 8.01. The molecular weight excluding hydrogens is 327 g/mol. The van der Waals surface area contributed by atoms with Gasteiger partial charge in [0.05, 0.1) is 5.56 Å². The van der Waals surface area contributed by atoms with Gasteiger partial charge in [-0.05, 0) is 49.6 Å². The lowest BCUT2D eigenvalue weighted by molar-refractivity contribution is 0.0946. The SMILES string of the molecule is Cc1ccc(-c2ccc(C(=O)NCC3CCCN3)c(F)c2)cc1.Cl. The molecule has 1 unspecified atom stereocenters. The van der Waals surface area contributed by atoms with Crippen molar-refractivity contribution in [2.75, 3.05) is 13.1 Å². The monoisotopic (exact) mass is 348 g/mol. The van der Waals surface area contributed by atoms with Gasteiger partial charge in [-0.25, -0.2) is 4.39 Å². The molecule has 128 valence electrons. The standard InChI is InChI=1S/C19H21FN2O.ClH/c1-13-4-6-14(7-5-13)15-8-9-17(18(20)11-15)19(23)22-12-16-3-2-10-21-16;/h4-9,11,16,21H,2-3,10,12H2,1H3,(H,22,23);1H. The number of carbonyl (C=O) groups excluding carboxylic acids is 1. The van der Waals surface area contributed by atoms with E-state index in [9.17, 15) is 9.18 Å². The third kappa shape index (κ3) is 4.34. The number of carbonyl (C=O) groups is 1. The van der Waals surface area contributed by atoms with Crippen molar-refractivity contribution in [2.45, 2.75) is 25.8 Å². The van der Waals surface area contributed by atoms with E-state index in [0.717, 1.165) is 36.1 Å². The average molecular weight is 349 g/mol. The number of amides is 1. The van der Waals surface area contributed by atoms with E-state index in [4.69, 9.17) is 0 Å². The predicted molar refractivity (Wildman–Crippen MR) is 97.2 cm³/mol. The first kappa shape index (κ1) is 18.4. The molecule has 3 nitrogen and oxygen atoms in total. The fraction of sp³-hybridized carbons (Fsp3) is 0.316. The summed E-state index contributed by atoms with van der Waals surface area (Å²) in [5.41, 5.74) is 2.97. The second kappa shape index (κ2) is 8.27. The molecule has 0 radical (unpaired) electrons. The number of hydrogen-bond acceptors (Lipinski definition) is 2. The average Bonchev–Trinajstić information content (AvgIpc) is 3.06.